The van der Waals surface area contributed by atoms with Gasteiger partial charge in [0.05, 0.1) is 11.6 Å². The van der Waals surface area contributed by atoms with E-state index in [1.54, 1.807) is 12.1 Å². The SMILES string of the molecule is Cc1nnc(-c2cccc(C#N)c2)n1C(C)c1nnc(CC(C)C)o1. The molecule has 0 radical (unpaired) electrons. The normalized spacial score (nSPS) is 12.3. The summed E-state index contributed by atoms with van der Waals surface area (Å²) in [5.74, 6) is 3.02. The van der Waals surface area contributed by atoms with Crippen LogP contribution in [0.4, 0.5) is 0 Å². The van der Waals surface area contributed by atoms with E-state index in [1.165, 1.54) is 0 Å². The molecule has 2 heterocycles. The molecule has 1 atom stereocenters. The van der Waals surface area contributed by atoms with Crippen LogP contribution in [0.2, 0.25) is 0 Å². The molecule has 0 amide bonds. The molecule has 7 heteroatoms. The first kappa shape index (κ1) is 16.8. The van der Waals surface area contributed by atoms with Crippen LogP contribution in [0.1, 0.15) is 50.0 Å². The Labute approximate surface area is 146 Å². The Kier molecular flexibility index (Phi) is 4.61. The lowest BCUT2D eigenvalue weighted by Gasteiger charge is -2.14. The Morgan fingerprint density at radius 1 is 1.16 bits per heavy atom. The van der Waals surface area contributed by atoms with Gasteiger partial charge in [-0.1, -0.05) is 26.0 Å². The Hall–Kier alpha value is -3.01. The van der Waals surface area contributed by atoms with Crippen LogP contribution in [0, 0.1) is 24.2 Å². The van der Waals surface area contributed by atoms with Crippen molar-refractivity contribution < 1.29 is 4.42 Å². The maximum absolute atomic E-state index is 9.12. The highest BCUT2D eigenvalue weighted by Crippen LogP contribution is 2.26. The van der Waals surface area contributed by atoms with Gasteiger partial charge < -0.3 is 4.42 Å². The lowest BCUT2D eigenvalue weighted by atomic mass is 10.1. The minimum Gasteiger partial charge on any atom is -0.423 e. The van der Waals surface area contributed by atoms with Crippen LogP contribution < -0.4 is 0 Å². The molecule has 0 aliphatic carbocycles. The molecule has 0 aliphatic rings. The van der Waals surface area contributed by atoms with Crippen LogP contribution in [0.3, 0.4) is 0 Å². The number of aryl methyl sites for hydroxylation is 1. The van der Waals surface area contributed by atoms with Crippen molar-refractivity contribution in [3.8, 4) is 17.5 Å². The molecule has 0 N–H and O–H groups in total. The average molecular weight is 336 g/mol. The highest BCUT2D eigenvalue weighted by atomic mass is 16.4. The smallest absolute Gasteiger partial charge is 0.239 e. The number of nitriles is 1. The van der Waals surface area contributed by atoms with E-state index in [1.807, 2.05) is 30.5 Å². The van der Waals surface area contributed by atoms with E-state index in [2.05, 4.69) is 40.3 Å². The van der Waals surface area contributed by atoms with E-state index in [0.717, 1.165) is 17.8 Å². The van der Waals surface area contributed by atoms with Crippen LogP contribution in [0.15, 0.2) is 28.7 Å². The van der Waals surface area contributed by atoms with Gasteiger partial charge in [0.2, 0.25) is 11.8 Å². The molecule has 3 rings (SSSR count). The molecule has 2 aromatic heterocycles. The molecule has 1 unspecified atom stereocenters. The van der Waals surface area contributed by atoms with Crippen molar-refractivity contribution in [3.63, 3.8) is 0 Å². The topological polar surface area (TPSA) is 93.4 Å². The predicted molar refractivity (Wildman–Crippen MR) is 91.6 cm³/mol. The number of aromatic nitrogens is 5. The first-order valence-corrected chi connectivity index (χ1v) is 8.24. The standard InChI is InChI=1S/C18H20N6O/c1-11(2)8-16-21-23-18(25-16)12(3)24-13(4)20-22-17(24)15-7-5-6-14(9-15)10-19/h5-7,9,11-12H,8H2,1-4H3. The Balaban J connectivity index is 1.98. The third kappa shape index (κ3) is 3.43. The van der Waals surface area contributed by atoms with Gasteiger partial charge in [0.15, 0.2) is 5.82 Å². The molecule has 0 aliphatic heterocycles. The molecular formula is C18H20N6O. The van der Waals surface area contributed by atoms with Crippen molar-refractivity contribution in [2.75, 3.05) is 0 Å². The number of rotatable bonds is 5. The maximum atomic E-state index is 9.12. The fourth-order valence-corrected chi connectivity index (χ4v) is 2.74. The number of benzene rings is 1. The van der Waals surface area contributed by atoms with Gasteiger partial charge in [-0.05, 0) is 31.9 Å². The van der Waals surface area contributed by atoms with Gasteiger partial charge in [-0.3, -0.25) is 4.57 Å². The molecule has 0 saturated heterocycles. The highest BCUT2D eigenvalue weighted by molar-refractivity contribution is 5.58. The summed E-state index contributed by atoms with van der Waals surface area (Å²) < 4.78 is 7.77. The molecule has 3 aromatic rings. The third-order valence-corrected chi connectivity index (χ3v) is 3.93. The summed E-state index contributed by atoms with van der Waals surface area (Å²) >= 11 is 0. The molecule has 0 saturated carbocycles. The second-order valence-electron chi connectivity index (χ2n) is 6.44. The van der Waals surface area contributed by atoms with Gasteiger partial charge in [-0.25, -0.2) is 0 Å². The largest absolute Gasteiger partial charge is 0.423 e. The molecule has 0 spiro atoms. The molecule has 0 fully saturated rings. The van der Waals surface area contributed by atoms with Gasteiger partial charge in [0.1, 0.15) is 11.9 Å². The van der Waals surface area contributed by atoms with E-state index >= 15 is 0 Å². The molecular weight excluding hydrogens is 316 g/mol. The quantitative estimate of drug-likeness (QED) is 0.709. The zero-order chi connectivity index (χ0) is 18.0. The number of nitrogens with zero attached hydrogens (tertiary/aromatic N) is 6. The zero-order valence-corrected chi connectivity index (χ0v) is 14.8. The first-order valence-electron chi connectivity index (χ1n) is 8.24. The van der Waals surface area contributed by atoms with Gasteiger partial charge in [0.25, 0.3) is 0 Å². The lowest BCUT2D eigenvalue weighted by Crippen LogP contribution is -2.11. The Morgan fingerprint density at radius 3 is 2.68 bits per heavy atom. The molecule has 1 aromatic carbocycles. The second-order valence-corrected chi connectivity index (χ2v) is 6.44. The lowest BCUT2D eigenvalue weighted by molar-refractivity contribution is 0.387. The summed E-state index contributed by atoms with van der Waals surface area (Å²) in [6.45, 7) is 8.07. The molecule has 0 bridgehead atoms. The van der Waals surface area contributed by atoms with Crippen LogP contribution in [-0.4, -0.2) is 25.0 Å². The summed E-state index contributed by atoms with van der Waals surface area (Å²) in [5.41, 5.74) is 1.41. The second kappa shape index (κ2) is 6.85. The fourth-order valence-electron chi connectivity index (χ4n) is 2.74. The molecule has 7 nitrogen and oxygen atoms in total. The third-order valence-electron chi connectivity index (χ3n) is 3.93. The number of hydrogen-bond acceptors (Lipinski definition) is 6. The van der Waals surface area contributed by atoms with Gasteiger partial charge >= 0.3 is 0 Å². The van der Waals surface area contributed by atoms with E-state index in [-0.39, 0.29) is 6.04 Å². The van der Waals surface area contributed by atoms with Crippen LogP contribution in [0.25, 0.3) is 11.4 Å². The van der Waals surface area contributed by atoms with Crippen LogP contribution >= 0.6 is 0 Å². The minimum absolute atomic E-state index is 0.204. The Bertz CT molecular complexity index is 918. The molecule has 128 valence electrons. The first-order chi connectivity index (χ1) is 12.0. The van der Waals surface area contributed by atoms with Crippen LogP contribution in [0.5, 0.6) is 0 Å². The van der Waals surface area contributed by atoms with Crippen molar-refractivity contribution >= 4 is 0 Å². The average Bonchev–Trinajstić information content (AvgIpc) is 3.20. The number of hydrogen-bond donors (Lipinski definition) is 0. The van der Waals surface area contributed by atoms with Crippen molar-refractivity contribution in [1.82, 2.24) is 25.0 Å². The van der Waals surface area contributed by atoms with Gasteiger partial charge in [-0.15, -0.1) is 20.4 Å². The van der Waals surface area contributed by atoms with Crippen molar-refractivity contribution in [2.45, 2.75) is 40.2 Å². The maximum Gasteiger partial charge on any atom is 0.239 e. The highest BCUT2D eigenvalue weighted by Gasteiger charge is 2.22. The van der Waals surface area contributed by atoms with Gasteiger partial charge in [0, 0.05) is 12.0 Å². The fraction of sp³-hybridized carbons (Fsp3) is 0.389. The van der Waals surface area contributed by atoms with E-state index in [9.17, 15) is 0 Å². The van der Waals surface area contributed by atoms with Crippen molar-refractivity contribution in [1.29, 1.82) is 5.26 Å². The van der Waals surface area contributed by atoms with E-state index in [0.29, 0.717) is 29.1 Å². The Morgan fingerprint density at radius 2 is 1.96 bits per heavy atom. The summed E-state index contributed by atoms with van der Waals surface area (Å²) in [6, 6.07) is 9.24. The van der Waals surface area contributed by atoms with Crippen molar-refractivity contribution in [2.24, 2.45) is 5.92 Å². The predicted octanol–water partition coefficient (Wildman–Crippen LogP) is 3.32. The van der Waals surface area contributed by atoms with Crippen LogP contribution in [-0.2, 0) is 6.42 Å². The monoisotopic (exact) mass is 336 g/mol. The van der Waals surface area contributed by atoms with Crippen molar-refractivity contribution in [3.05, 3.63) is 47.4 Å². The van der Waals surface area contributed by atoms with E-state index in [4.69, 9.17) is 9.68 Å². The molecule has 25 heavy (non-hydrogen) atoms. The van der Waals surface area contributed by atoms with E-state index < -0.39 is 0 Å². The summed E-state index contributed by atoms with van der Waals surface area (Å²) in [5, 5.41) is 25.9. The summed E-state index contributed by atoms with van der Waals surface area (Å²) in [4.78, 5) is 0. The minimum atomic E-state index is -0.204. The zero-order valence-electron chi connectivity index (χ0n) is 14.8. The summed E-state index contributed by atoms with van der Waals surface area (Å²) in [7, 11) is 0. The van der Waals surface area contributed by atoms with Gasteiger partial charge in [-0.2, -0.15) is 5.26 Å². The summed E-state index contributed by atoms with van der Waals surface area (Å²) in [6.07, 6.45) is 0.748.